The Morgan fingerprint density at radius 3 is 3.00 bits per heavy atom. The molecule has 0 amide bonds. The molecular weight excluding hydrogens is 174 g/mol. The van der Waals surface area contributed by atoms with Gasteiger partial charge in [-0.25, -0.2) is 0 Å². The first-order chi connectivity index (χ1) is 6.15. The summed E-state index contributed by atoms with van der Waals surface area (Å²) in [4.78, 5) is 12.5. The summed E-state index contributed by atoms with van der Waals surface area (Å²) in [7, 11) is 1.56. The van der Waals surface area contributed by atoms with Crippen LogP contribution >= 0.6 is 0 Å². The number of nitrogens with zero attached hydrogens (tertiary/aromatic N) is 1. The zero-order chi connectivity index (χ0) is 9.84. The van der Waals surface area contributed by atoms with Gasteiger partial charge >= 0.3 is 5.97 Å². The van der Waals surface area contributed by atoms with E-state index < -0.39 is 12.0 Å². The molecule has 1 saturated heterocycles. The molecule has 1 fully saturated rings. The van der Waals surface area contributed by atoms with Gasteiger partial charge in [0, 0.05) is 13.7 Å². The van der Waals surface area contributed by atoms with Crippen molar-refractivity contribution in [2.24, 2.45) is 0 Å². The molecule has 2 unspecified atom stereocenters. The van der Waals surface area contributed by atoms with Gasteiger partial charge < -0.3 is 14.6 Å². The molecule has 0 aromatic heterocycles. The first-order valence-corrected chi connectivity index (χ1v) is 4.26. The summed E-state index contributed by atoms with van der Waals surface area (Å²) >= 11 is 0. The van der Waals surface area contributed by atoms with E-state index in [-0.39, 0.29) is 6.29 Å². The molecule has 2 atom stereocenters. The fourth-order valence-corrected chi connectivity index (χ4v) is 1.29. The highest BCUT2D eigenvalue weighted by atomic mass is 16.7. The Kier molecular flexibility index (Phi) is 3.65. The topological polar surface area (TPSA) is 59.0 Å². The Morgan fingerprint density at radius 1 is 1.77 bits per heavy atom. The van der Waals surface area contributed by atoms with Crippen molar-refractivity contribution in [2.45, 2.75) is 19.3 Å². The fourth-order valence-electron chi connectivity index (χ4n) is 1.29. The molecule has 0 spiro atoms. The normalized spacial score (nSPS) is 27.1. The summed E-state index contributed by atoms with van der Waals surface area (Å²) in [6, 6.07) is -0.471. The Labute approximate surface area is 77.2 Å². The van der Waals surface area contributed by atoms with Crippen molar-refractivity contribution in [1.29, 1.82) is 0 Å². The van der Waals surface area contributed by atoms with Crippen molar-refractivity contribution in [1.82, 2.24) is 4.90 Å². The van der Waals surface area contributed by atoms with Crippen LogP contribution in [0.1, 0.15) is 6.92 Å². The second-order valence-electron chi connectivity index (χ2n) is 3.05. The minimum Gasteiger partial charge on any atom is -0.480 e. The third kappa shape index (κ3) is 2.65. The maximum absolute atomic E-state index is 10.7. The molecule has 13 heavy (non-hydrogen) atoms. The Balaban J connectivity index is 2.46. The van der Waals surface area contributed by atoms with Crippen LogP contribution in [0.2, 0.25) is 0 Å². The highest BCUT2D eigenvalue weighted by Crippen LogP contribution is 2.09. The summed E-state index contributed by atoms with van der Waals surface area (Å²) in [6.07, 6.45) is -0.296. The van der Waals surface area contributed by atoms with Gasteiger partial charge in [0.15, 0.2) is 6.29 Å². The van der Waals surface area contributed by atoms with Crippen molar-refractivity contribution < 1.29 is 19.4 Å². The smallest absolute Gasteiger partial charge is 0.320 e. The molecule has 76 valence electrons. The van der Waals surface area contributed by atoms with Gasteiger partial charge in [-0.05, 0) is 6.92 Å². The minimum absolute atomic E-state index is 0.296. The van der Waals surface area contributed by atoms with Crippen LogP contribution in [0.5, 0.6) is 0 Å². The summed E-state index contributed by atoms with van der Waals surface area (Å²) in [5.74, 6) is -0.809. The first-order valence-electron chi connectivity index (χ1n) is 4.26. The van der Waals surface area contributed by atoms with Gasteiger partial charge in [0.05, 0.1) is 13.2 Å². The Morgan fingerprint density at radius 2 is 2.46 bits per heavy atom. The standard InChI is InChI=1S/C8H15NO4/c1-6(8(10)11)9-3-4-13-7(5-9)12-2/h6-7H,3-5H2,1-2H3,(H,10,11). The lowest BCUT2D eigenvalue weighted by atomic mass is 10.2. The molecular formula is C8H15NO4. The van der Waals surface area contributed by atoms with Crippen LogP contribution in [-0.4, -0.2) is 55.1 Å². The van der Waals surface area contributed by atoms with Crippen LogP contribution in [0.4, 0.5) is 0 Å². The predicted molar refractivity (Wildman–Crippen MR) is 45.4 cm³/mol. The molecule has 1 rings (SSSR count). The van der Waals surface area contributed by atoms with Crippen molar-refractivity contribution in [3.05, 3.63) is 0 Å². The second kappa shape index (κ2) is 4.55. The fraction of sp³-hybridized carbons (Fsp3) is 0.875. The number of morpholine rings is 1. The van der Waals surface area contributed by atoms with Crippen LogP contribution in [-0.2, 0) is 14.3 Å². The van der Waals surface area contributed by atoms with E-state index in [1.807, 2.05) is 4.90 Å². The monoisotopic (exact) mass is 189 g/mol. The summed E-state index contributed by atoms with van der Waals surface area (Å²) < 4.78 is 10.2. The molecule has 1 N–H and O–H groups in total. The summed E-state index contributed by atoms with van der Waals surface area (Å²) in [5, 5.41) is 8.77. The predicted octanol–water partition coefficient (Wildman–Crippen LogP) is -0.236. The third-order valence-electron chi connectivity index (χ3n) is 2.23. The summed E-state index contributed by atoms with van der Waals surface area (Å²) in [5.41, 5.74) is 0. The Bertz CT molecular complexity index is 185. The second-order valence-corrected chi connectivity index (χ2v) is 3.05. The molecule has 1 aliphatic rings. The first kappa shape index (κ1) is 10.4. The maximum Gasteiger partial charge on any atom is 0.320 e. The lowest BCUT2D eigenvalue weighted by molar-refractivity contribution is -0.176. The molecule has 0 radical (unpaired) electrons. The zero-order valence-electron chi connectivity index (χ0n) is 7.90. The van der Waals surface area contributed by atoms with Crippen molar-refractivity contribution >= 4 is 5.97 Å². The van der Waals surface area contributed by atoms with Gasteiger partial charge in [0.1, 0.15) is 6.04 Å². The molecule has 0 bridgehead atoms. The van der Waals surface area contributed by atoms with Gasteiger partial charge in [0.25, 0.3) is 0 Å². The Hall–Kier alpha value is -0.650. The number of carboxylic acids is 1. The van der Waals surface area contributed by atoms with Crippen molar-refractivity contribution in [3.63, 3.8) is 0 Å². The summed E-state index contributed by atoms with van der Waals surface area (Å²) in [6.45, 7) is 3.35. The molecule has 0 saturated carbocycles. The van der Waals surface area contributed by atoms with Crippen LogP contribution in [0.25, 0.3) is 0 Å². The van der Waals surface area contributed by atoms with E-state index in [4.69, 9.17) is 14.6 Å². The number of rotatable bonds is 3. The lowest BCUT2D eigenvalue weighted by Crippen LogP contribution is -2.49. The zero-order valence-corrected chi connectivity index (χ0v) is 7.90. The van der Waals surface area contributed by atoms with E-state index in [1.165, 1.54) is 0 Å². The minimum atomic E-state index is -0.809. The van der Waals surface area contributed by atoms with E-state index in [9.17, 15) is 4.79 Å². The highest BCUT2D eigenvalue weighted by Gasteiger charge is 2.27. The van der Waals surface area contributed by atoms with E-state index >= 15 is 0 Å². The van der Waals surface area contributed by atoms with Gasteiger partial charge in [-0.1, -0.05) is 0 Å². The van der Waals surface area contributed by atoms with Gasteiger partial charge in [0.2, 0.25) is 0 Å². The van der Waals surface area contributed by atoms with E-state index in [2.05, 4.69) is 0 Å². The molecule has 1 heterocycles. The van der Waals surface area contributed by atoms with Gasteiger partial charge in [-0.2, -0.15) is 0 Å². The highest BCUT2D eigenvalue weighted by molar-refractivity contribution is 5.72. The van der Waals surface area contributed by atoms with Crippen LogP contribution in [0, 0.1) is 0 Å². The molecule has 0 aliphatic carbocycles. The third-order valence-corrected chi connectivity index (χ3v) is 2.23. The van der Waals surface area contributed by atoms with Crippen LogP contribution in [0.3, 0.4) is 0 Å². The SMILES string of the molecule is COC1CN(C(C)C(=O)O)CCO1. The van der Waals surface area contributed by atoms with E-state index in [1.54, 1.807) is 14.0 Å². The number of methoxy groups -OCH3 is 1. The number of carbonyl (C=O) groups is 1. The molecule has 0 aromatic rings. The average Bonchev–Trinajstić information content (AvgIpc) is 2.16. The quantitative estimate of drug-likeness (QED) is 0.664. The van der Waals surface area contributed by atoms with Gasteiger partial charge in [-0.3, -0.25) is 9.69 Å². The molecule has 5 heteroatoms. The van der Waals surface area contributed by atoms with Crippen molar-refractivity contribution in [3.8, 4) is 0 Å². The van der Waals surface area contributed by atoms with Crippen LogP contribution < -0.4 is 0 Å². The van der Waals surface area contributed by atoms with E-state index in [0.717, 1.165) is 0 Å². The van der Waals surface area contributed by atoms with Gasteiger partial charge in [-0.15, -0.1) is 0 Å². The van der Waals surface area contributed by atoms with Crippen molar-refractivity contribution in [2.75, 3.05) is 26.8 Å². The molecule has 0 aromatic carbocycles. The number of carboxylic acid groups (broad SMARTS) is 1. The number of hydrogen-bond acceptors (Lipinski definition) is 4. The number of hydrogen-bond donors (Lipinski definition) is 1. The average molecular weight is 189 g/mol. The maximum atomic E-state index is 10.7. The largest absolute Gasteiger partial charge is 0.480 e. The molecule has 5 nitrogen and oxygen atoms in total. The number of ether oxygens (including phenoxy) is 2. The van der Waals surface area contributed by atoms with Crippen LogP contribution in [0.15, 0.2) is 0 Å². The molecule has 1 aliphatic heterocycles. The van der Waals surface area contributed by atoms with E-state index in [0.29, 0.717) is 19.7 Å². The number of aliphatic carboxylic acids is 1. The lowest BCUT2D eigenvalue weighted by Gasteiger charge is -2.34.